The van der Waals surface area contributed by atoms with Gasteiger partial charge in [-0.2, -0.15) is 0 Å². The van der Waals surface area contributed by atoms with Crippen LogP contribution in [0, 0.1) is 17.9 Å². The average Bonchev–Trinajstić information content (AvgIpc) is 3.71. The summed E-state index contributed by atoms with van der Waals surface area (Å²) in [4.78, 5) is 14.1. The molecule has 0 aliphatic heterocycles. The number of halogens is 1. The second-order valence-corrected chi connectivity index (χ2v) is 10.8. The number of rotatable bonds is 4. The zero-order chi connectivity index (χ0) is 31.6. The zero-order valence-electron chi connectivity index (χ0n) is 25.3. The molecule has 4 aromatic heterocycles. The van der Waals surface area contributed by atoms with E-state index in [1.54, 1.807) is 12.3 Å². The molecule has 5 aromatic carbocycles. The zero-order valence-corrected chi connectivity index (χ0v) is 27.7. The number of para-hydroxylation sites is 1. The molecule has 5 nitrogen and oxygen atoms in total. The Bertz CT molecular complexity index is 2430. The minimum Gasteiger partial charge on any atom is -0.500 e. The van der Waals surface area contributed by atoms with Crippen LogP contribution < -0.4 is 0 Å². The molecule has 0 saturated heterocycles. The van der Waals surface area contributed by atoms with Crippen molar-refractivity contribution >= 4 is 33.1 Å². The molecule has 0 aliphatic rings. The third-order valence-corrected chi connectivity index (χ3v) is 7.87. The molecular weight excluding hydrogens is 776 g/mol. The van der Waals surface area contributed by atoms with Gasteiger partial charge in [-0.1, -0.05) is 71.6 Å². The first-order chi connectivity index (χ1) is 23.2. The fourth-order valence-corrected chi connectivity index (χ4v) is 5.69. The van der Waals surface area contributed by atoms with E-state index in [1.807, 2.05) is 127 Å². The molecule has 1 radical (unpaired) electrons. The van der Waals surface area contributed by atoms with Crippen molar-refractivity contribution in [3.05, 3.63) is 170 Å². The molecule has 0 fully saturated rings. The monoisotopic (exact) mass is 801 g/mol. The van der Waals surface area contributed by atoms with Crippen LogP contribution in [0.1, 0.15) is 0 Å². The van der Waals surface area contributed by atoms with Gasteiger partial charge in [0.05, 0.1) is 22.6 Å². The summed E-state index contributed by atoms with van der Waals surface area (Å²) < 4.78 is 22.1. The van der Waals surface area contributed by atoms with Crippen LogP contribution in [0.2, 0.25) is 0 Å². The number of nitrogens with zero attached hydrogens (tertiary/aromatic N) is 4. The van der Waals surface area contributed by atoms with Gasteiger partial charge in [0.25, 0.3) is 0 Å². The maximum atomic E-state index is 13.9. The summed E-state index contributed by atoms with van der Waals surface area (Å²) in [6.07, 6.45) is 1.79. The smallest absolute Gasteiger partial charge is 0.168 e. The Morgan fingerprint density at radius 3 is 2.21 bits per heavy atom. The Kier molecular flexibility index (Phi) is 8.71. The van der Waals surface area contributed by atoms with E-state index in [0.29, 0.717) is 28.2 Å². The van der Waals surface area contributed by atoms with Crippen molar-refractivity contribution in [3.63, 3.8) is 0 Å². The van der Waals surface area contributed by atoms with Gasteiger partial charge in [0.1, 0.15) is 11.4 Å². The number of pyridine rings is 2. The Morgan fingerprint density at radius 1 is 0.646 bits per heavy atom. The van der Waals surface area contributed by atoms with Gasteiger partial charge < -0.3 is 14.0 Å². The van der Waals surface area contributed by atoms with Crippen molar-refractivity contribution in [1.29, 1.82) is 0 Å². The van der Waals surface area contributed by atoms with Crippen LogP contribution in [-0.2, 0) is 20.1 Å². The first-order valence-electron chi connectivity index (χ1n) is 15.1. The van der Waals surface area contributed by atoms with E-state index < -0.39 is 0 Å². The second-order valence-electron chi connectivity index (χ2n) is 10.8. The van der Waals surface area contributed by atoms with Gasteiger partial charge in [-0.15, -0.1) is 54.1 Å². The third kappa shape index (κ3) is 5.93. The number of hydrogen-bond acceptors (Lipinski definition) is 4. The molecule has 9 rings (SSSR count). The predicted molar refractivity (Wildman–Crippen MR) is 184 cm³/mol. The summed E-state index contributed by atoms with van der Waals surface area (Å²) in [6, 6.07) is 52.7. The fourth-order valence-electron chi connectivity index (χ4n) is 5.69. The normalized spacial score (nSPS) is 10.9. The minimum absolute atomic E-state index is 0. The maximum absolute atomic E-state index is 13.9. The number of furan rings is 1. The molecular formula is C41H25FIrN4O-2. The SMILES string of the molecule is Fc1ccc2c(c1)oc1c(-c3nc4nc(-c5ccccc5)ccc4n3-c3ccccc3)[c-]ccc12.[Ir].[c-]1ccccc1-c1ccccn1. The molecule has 0 spiro atoms. The van der Waals surface area contributed by atoms with Gasteiger partial charge in [0.15, 0.2) is 5.65 Å². The molecule has 4 heterocycles. The summed E-state index contributed by atoms with van der Waals surface area (Å²) in [7, 11) is 0. The van der Waals surface area contributed by atoms with Gasteiger partial charge in [0.2, 0.25) is 0 Å². The van der Waals surface area contributed by atoms with Gasteiger partial charge in [-0.05, 0) is 48.2 Å². The van der Waals surface area contributed by atoms with Crippen molar-refractivity contribution in [2.45, 2.75) is 0 Å². The molecule has 7 heteroatoms. The van der Waals surface area contributed by atoms with E-state index in [0.717, 1.165) is 44.5 Å². The van der Waals surface area contributed by atoms with Crippen molar-refractivity contribution in [2.24, 2.45) is 0 Å². The first-order valence-corrected chi connectivity index (χ1v) is 15.1. The van der Waals surface area contributed by atoms with E-state index in [2.05, 4.69) is 21.7 Å². The number of fused-ring (bicyclic) bond motifs is 4. The Balaban J connectivity index is 0.000000237. The summed E-state index contributed by atoms with van der Waals surface area (Å²) in [5, 5.41) is 1.74. The van der Waals surface area contributed by atoms with Crippen LogP contribution in [-0.4, -0.2) is 19.5 Å². The molecule has 0 amide bonds. The standard InChI is InChI=1S/C30H17FN3O.C11H8N.Ir/c31-20-14-15-22-23-12-7-13-24(28(23)35-27(22)18-20)30-33-29-26(34(30)21-10-5-2-6-11-21)17-16-25(32-29)19-8-3-1-4-9-19;1-2-6-10(7-3-1)11-8-4-5-9-12-11;/h1-12,14-18H;1-6,8-9H;/q2*-1;. The van der Waals surface area contributed by atoms with Gasteiger partial charge in [-0.3, -0.25) is 4.98 Å². The van der Waals surface area contributed by atoms with E-state index in [1.165, 1.54) is 12.1 Å². The van der Waals surface area contributed by atoms with Gasteiger partial charge in [0, 0.05) is 49.0 Å². The van der Waals surface area contributed by atoms with Crippen LogP contribution in [0.5, 0.6) is 0 Å². The van der Waals surface area contributed by atoms with E-state index >= 15 is 0 Å². The summed E-state index contributed by atoms with van der Waals surface area (Å²) >= 11 is 0. The summed E-state index contributed by atoms with van der Waals surface area (Å²) in [5.41, 5.74) is 8.14. The van der Waals surface area contributed by atoms with Crippen molar-refractivity contribution in [2.75, 3.05) is 0 Å². The largest absolute Gasteiger partial charge is 0.500 e. The van der Waals surface area contributed by atoms with Crippen LogP contribution in [0.15, 0.2) is 156 Å². The Hall–Kier alpha value is -5.75. The first kappa shape index (κ1) is 30.9. The van der Waals surface area contributed by atoms with E-state index in [9.17, 15) is 4.39 Å². The molecule has 0 N–H and O–H groups in total. The third-order valence-electron chi connectivity index (χ3n) is 7.87. The fraction of sp³-hybridized carbons (Fsp3) is 0. The Labute approximate surface area is 289 Å². The molecule has 0 saturated carbocycles. The quantitative estimate of drug-likeness (QED) is 0.166. The molecule has 0 bridgehead atoms. The van der Waals surface area contributed by atoms with Crippen LogP contribution in [0.25, 0.3) is 72.7 Å². The van der Waals surface area contributed by atoms with E-state index in [-0.39, 0.29) is 25.9 Å². The van der Waals surface area contributed by atoms with Crippen molar-refractivity contribution < 1.29 is 28.9 Å². The minimum atomic E-state index is -0.337. The molecule has 0 aliphatic carbocycles. The van der Waals surface area contributed by atoms with Crippen LogP contribution in [0.3, 0.4) is 0 Å². The molecule has 233 valence electrons. The van der Waals surface area contributed by atoms with Crippen molar-refractivity contribution in [3.8, 4) is 39.6 Å². The summed E-state index contributed by atoms with van der Waals surface area (Å²) in [5.74, 6) is 0.324. The number of aromatic nitrogens is 4. The van der Waals surface area contributed by atoms with E-state index in [4.69, 9.17) is 14.4 Å². The number of benzene rings is 5. The van der Waals surface area contributed by atoms with Crippen LogP contribution >= 0.6 is 0 Å². The Morgan fingerprint density at radius 2 is 1.44 bits per heavy atom. The second kappa shape index (κ2) is 13.5. The van der Waals surface area contributed by atoms with Crippen molar-refractivity contribution in [1.82, 2.24) is 19.5 Å². The van der Waals surface area contributed by atoms with Gasteiger partial charge >= 0.3 is 0 Å². The molecule has 0 unspecified atom stereocenters. The maximum Gasteiger partial charge on any atom is 0.168 e. The molecule has 48 heavy (non-hydrogen) atoms. The number of hydrogen-bond donors (Lipinski definition) is 0. The molecule has 9 aromatic rings. The number of imidazole rings is 1. The topological polar surface area (TPSA) is 56.7 Å². The molecule has 0 atom stereocenters. The van der Waals surface area contributed by atoms with Gasteiger partial charge in [-0.25, -0.2) is 9.37 Å². The summed E-state index contributed by atoms with van der Waals surface area (Å²) in [6.45, 7) is 0. The predicted octanol–water partition coefficient (Wildman–Crippen LogP) is 10.1. The van der Waals surface area contributed by atoms with Crippen LogP contribution in [0.4, 0.5) is 4.39 Å². The average molecular weight is 801 g/mol.